The Balaban J connectivity index is 2.42. The predicted molar refractivity (Wildman–Crippen MR) is 102 cm³/mol. The molecule has 120 valence electrons. The zero-order chi connectivity index (χ0) is 16.8. The first-order valence-electron chi connectivity index (χ1n) is 7.69. The minimum Gasteiger partial charge on any atom is -0.373 e. The molecule has 0 radical (unpaired) electrons. The molecule has 0 bridgehead atoms. The van der Waals surface area contributed by atoms with Gasteiger partial charge >= 0.3 is 0 Å². The summed E-state index contributed by atoms with van der Waals surface area (Å²) in [7, 11) is 2.07. The highest BCUT2D eigenvalue weighted by molar-refractivity contribution is 8.06. The summed E-state index contributed by atoms with van der Waals surface area (Å²) in [5.41, 5.74) is 2.74. The third kappa shape index (κ3) is 4.45. The van der Waals surface area contributed by atoms with Crippen LogP contribution >= 0.6 is 11.8 Å². The fourth-order valence-corrected chi connectivity index (χ4v) is 2.80. The van der Waals surface area contributed by atoms with E-state index < -0.39 is 0 Å². The maximum atomic E-state index is 4.71. The maximum Gasteiger partial charge on any atom is 0.159 e. The molecule has 23 heavy (non-hydrogen) atoms. The Morgan fingerprint density at radius 2 is 2.13 bits per heavy atom. The van der Waals surface area contributed by atoms with Gasteiger partial charge in [0.25, 0.3) is 0 Å². The highest BCUT2D eigenvalue weighted by atomic mass is 32.2. The fourth-order valence-electron chi connectivity index (χ4n) is 2.09. The van der Waals surface area contributed by atoms with Crippen LogP contribution in [0.1, 0.15) is 26.5 Å². The summed E-state index contributed by atoms with van der Waals surface area (Å²) in [6.45, 7) is 11.3. The molecule has 2 aromatic rings. The van der Waals surface area contributed by atoms with Crippen LogP contribution in [-0.2, 0) is 0 Å². The van der Waals surface area contributed by atoms with Crippen molar-refractivity contribution in [3.63, 3.8) is 0 Å². The van der Waals surface area contributed by atoms with Gasteiger partial charge in [-0.15, -0.1) is 0 Å². The standard InChI is InChI=1S/C19H23N3S/c1-6-14(3)23-15(4)13-18(22(5)7-2)17-11-10-16-9-8-12-20-19(16)21-17/h6,8-13H,4,7H2,1-3,5H3/b14-6+,18-13-. The van der Waals surface area contributed by atoms with Crippen molar-refractivity contribution < 1.29 is 0 Å². The number of thioether (sulfide) groups is 1. The monoisotopic (exact) mass is 325 g/mol. The lowest BCUT2D eigenvalue weighted by Gasteiger charge is -2.21. The summed E-state index contributed by atoms with van der Waals surface area (Å²) in [6, 6.07) is 8.06. The molecule has 4 heteroatoms. The lowest BCUT2D eigenvalue weighted by molar-refractivity contribution is 0.507. The molecule has 0 saturated heterocycles. The number of fused-ring (bicyclic) bond motifs is 1. The first kappa shape index (κ1) is 17.3. The highest BCUT2D eigenvalue weighted by Crippen LogP contribution is 2.28. The average molecular weight is 325 g/mol. The number of nitrogens with zero attached hydrogens (tertiary/aromatic N) is 3. The summed E-state index contributed by atoms with van der Waals surface area (Å²) in [4.78, 5) is 13.5. The lowest BCUT2D eigenvalue weighted by Crippen LogP contribution is -2.17. The van der Waals surface area contributed by atoms with E-state index >= 15 is 0 Å². The van der Waals surface area contributed by atoms with Crippen molar-refractivity contribution in [3.05, 3.63) is 64.7 Å². The Labute approximate surface area is 142 Å². The molecule has 0 atom stereocenters. The van der Waals surface area contributed by atoms with Crippen LogP contribution in [0.2, 0.25) is 0 Å². The molecular weight excluding hydrogens is 302 g/mol. The molecule has 0 aromatic carbocycles. The molecule has 0 aliphatic carbocycles. The van der Waals surface area contributed by atoms with Gasteiger partial charge in [0, 0.05) is 30.1 Å². The van der Waals surface area contributed by atoms with Gasteiger partial charge in [0.1, 0.15) is 0 Å². The lowest BCUT2D eigenvalue weighted by atomic mass is 10.2. The second kappa shape index (κ2) is 7.97. The second-order valence-electron chi connectivity index (χ2n) is 5.26. The molecule has 0 aliphatic rings. The van der Waals surface area contributed by atoms with Crippen molar-refractivity contribution in [1.82, 2.24) is 14.9 Å². The minimum atomic E-state index is 0.767. The van der Waals surface area contributed by atoms with Gasteiger partial charge in [-0.25, -0.2) is 9.97 Å². The topological polar surface area (TPSA) is 29.0 Å². The normalized spacial score (nSPS) is 12.5. The van der Waals surface area contributed by atoms with E-state index in [2.05, 4.69) is 55.6 Å². The molecule has 0 unspecified atom stereocenters. The van der Waals surface area contributed by atoms with E-state index in [1.165, 1.54) is 4.91 Å². The SMILES string of the molecule is C=C(/C=C(/c1ccc2cccnc2n1)N(C)CC)S/C(C)=C/C. The molecule has 3 nitrogen and oxygen atoms in total. The Morgan fingerprint density at radius 3 is 2.83 bits per heavy atom. The first-order valence-corrected chi connectivity index (χ1v) is 8.51. The molecule has 0 aliphatic heterocycles. The van der Waals surface area contributed by atoms with Gasteiger partial charge in [-0.05, 0) is 56.0 Å². The van der Waals surface area contributed by atoms with E-state index in [4.69, 9.17) is 4.98 Å². The van der Waals surface area contributed by atoms with Crippen molar-refractivity contribution >= 4 is 28.5 Å². The van der Waals surface area contributed by atoms with Crippen LogP contribution in [-0.4, -0.2) is 28.5 Å². The molecule has 0 saturated carbocycles. The van der Waals surface area contributed by atoms with Crippen LogP contribution in [0.3, 0.4) is 0 Å². The largest absolute Gasteiger partial charge is 0.373 e. The van der Waals surface area contributed by atoms with Gasteiger partial charge in [0.05, 0.1) is 11.4 Å². The highest BCUT2D eigenvalue weighted by Gasteiger charge is 2.10. The zero-order valence-corrected chi connectivity index (χ0v) is 15.0. The number of hydrogen-bond acceptors (Lipinski definition) is 4. The number of allylic oxidation sites excluding steroid dienone is 3. The Kier molecular flexibility index (Phi) is 5.99. The molecule has 0 N–H and O–H groups in total. The van der Waals surface area contributed by atoms with Gasteiger partial charge in [-0.1, -0.05) is 24.4 Å². The maximum absolute atomic E-state index is 4.71. The van der Waals surface area contributed by atoms with Crippen LogP contribution < -0.4 is 0 Å². The van der Waals surface area contributed by atoms with Crippen LogP contribution in [0.15, 0.2) is 59.0 Å². The van der Waals surface area contributed by atoms with E-state index in [1.54, 1.807) is 18.0 Å². The van der Waals surface area contributed by atoms with E-state index in [-0.39, 0.29) is 0 Å². The Morgan fingerprint density at radius 1 is 1.35 bits per heavy atom. The van der Waals surface area contributed by atoms with Crippen LogP contribution in [0.5, 0.6) is 0 Å². The molecule has 0 amide bonds. The summed E-state index contributed by atoms with van der Waals surface area (Å²) >= 11 is 1.67. The minimum absolute atomic E-state index is 0.767. The van der Waals surface area contributed by atoms with Crippen molar-refractivity contribution in [3.8, 4) is 0 Å². The van der Waals surface area contributed by atoms with Crippen molar-refractivity contribution in [2.45, 2.75) is 20.8 Å². The van der Waals surface area contributed by atoms with Gasteiger partial charge in [-0.2, -0.15) is 0 Å². The van der Waals surface area contributed by atoms with Crippen molar-refractivity contribution in [2.24, 2.45) is 0 Å². The van der Waals surface area contributed by atoms with E-state index in [1.807, 2.05) is 25.1 Å². The second-order valence-corrected chi connectivity index (χ2v) is 6.63. The number of pyridine rings is 2. The zero-order valence-electron chi connectivity index (χ0n) is 14.2. The summed E-state index contributed by atoms with van der Waals surface area (Å²) < 4.78 is 0. The molecule has 2 aromatic heterocycles. The van der Waals surface area contributed by atoms with E-state index in [9.17, 15) is 0 Å². The Hall–Kier alpha value is -2.07. The molecular formula is C19H23N3S. The Bertz CT molecular complexity index is 762. The summed E-state index contributed by atoms with van der Waals surface area (Å²) in [5, 5.41) is 1.05. The van der Waals surface area contributed by atoms with Gasteiger partial charge < -0.3 is 4.90 Å². The summed E-state index contributed by atoms with van der Waals surface area (Å²) in [5.74, 6) is 0. The first-order chi connectivity index (χ1) is 11.0. The predicted octanol–water partition coefficient (Wildman–Crippen LogP) is 5.09. The summed E-state index contributed by atoms with van der Waals surface area (Å²) in [6.07, 6.45) is 5.96. The molecule has 2 rings (SSSR count). The third-order valence-electron chi connectivity index (χ3n) is 3.61. The fraction of sp³-hybridized carbons (Fsp3) is 0.263. The number of hydrogen-bond donors (Lipinski definition) is 0. The number of aromatic nitrogens is 2. The van der Waals surface area contributed by atoms with Gasteiger partial charge in [-0.3, -0.25) is 0 Å². The molecule has 0 spiro atoms. The smallest absolute Gasteiger partial charge is 0.159 e. The van der Waals surface area contributed by atoms with Crippen molar-refractivity contribution in [1.29, 1.82) is 0 Å². The quantitative estimate of drug-likeness (QED) is 0.692. The average Bonchev–Trinajstić information content (AvgIpc) is 2.58. The van der Waals surface area contributed by atoms with E-state index in [0.717, 1.165) is 33.9 Å². The molecule has 2 heterocycles. The van der Waals surface area contributed by atoms with E-state index in [0.29, 0.717) is 0 Å². The van der Waals surface area contributed by atoms with Crippen LogP contribution in [0.4, 0.5) is 0 Å². The van der Waals surface area contributed by atoms with Crippen LogP contribution in [0.25, 0.3) is 16.7 Å². The number of rotatable bonds is 6. The molecule has 0 fully saturated rings. The van der Waals surface area contributed by atoms with Crippen molar-refractivity contribution in [2.75, 3.05) is 13.6 Å². The van der Waals surface area contributed by atoms with Crippen LogP contribution in [0, 0.1) is 0 Å². The van der Waals surface area contributed by atoms with Gasteiger partial charge in [0.2, 0.25) is 0 Å². The third-order valence-corrected chi connectivity index (χ3v) is 4.55. The van der Waals surface area contributed by atoms with Gasteiger partial charge in [0.15, 0.2) is 5.65 Å².